The lowest BCUT2D eigenvalue weighted by Crippen LogP contribution is -2.42. The standard InChI is InChI=1S/C12H25N/c1-9(2)10(3)8-11(4)12(5,6)13-7/h9,11,13H,3,8H2,1-2,4-7H3. The molecule has 1 N–H and O–H groups in total. The maximum Gasteiger partial charge on any atom is 0.0150 e. The monoisotopic (exact) mass is 183 g/mol. The van der Waals surface area contributed by atoms with Gasteiger partial charge in [0.2, 0.25) is 0 Å². The Kier molecular flexibility index (Phi) is 4.69. The van der Waals surface area contributed by atoms with E-state index < -0.39 is 0 Å². The van der Waals surface area contributed by atoms with E-state index in [0.717, 1.165) is 6.42 Å². The Labute approximate surface area is 83.6 Å². The van der Waals surface area contributed by atoms with Gasteiger partial charge < -0.3 is 5.32 Å². The summed E-state index contributed by atoms with van der Waals surface area (Å²) in [5.74, 6) is 1.24. The number of allylic oxidation sites excluding steroid dienone is 1. The average Bonchev–Trinajstić information content (AvgIpc) is 2.04. The van der Waals surface area contributed by atoms with Gasteiger partial charge in [0, 0.05) is 5.54 Å². The summed E-state index contributed by atoms with van der Waals surface area (Å²) in [4.78, 5) is 0. The van der Waals surface area contributed by atoms with Crippen LogP contribution in [0.3, 0.4) is 0 Å². The van der Waals surface area contributed by atoms with Crippen LogP contribution in [0.5, 0.6) is 0 Å². The molecule has 0 aliphatic heterocycles. The summed E-state index contributed by atoms with van der Waals surface area (Å²) in [6, 6.07) is 0. The number of hydrogen-bond acceptors (Lipinski definition) is 1. The summed E-state index contributed by atoms with van der Waals surface area (Å²) in [7, 11) is 2.02. The van der Waals surface area contributed by atoms with E-state index in [4.69, 9.17) is 0 Å². The second-order valence-corrected chi connectivity index (χ2v) is 4.89. The summed E-state index contributed by atoms with van der Waals surface area (Å²) in [6.45, 7) is 15.3. The highest BCUT2D eigenvalue weighted by Crippen LogP contribution is 2.25. The molecule has 0 saturated heterocycles. The van der Waals surface area contributed by atoms with Crippen molar-refractivity contribution in [3.63, 3.8) is 0 Å². The van der Waals surface area contributed by atoms with Gasteiger partial charge >= 0.3 is 0 Å². The molecule has 0 aliphatic carbocycles. The molecular weight excluding hydrogens is 158 g/mol. The largest absolute Gasteiger partial charge is 0.315 e. The Morgan fingerprint density at radius 3 is 2.08 bits per heavy atom. The lowest BCUT2D eigenvalue weighted by atomic mass is 9.82. The van der Waals surface area contributed by atoms with E-state index in [1.165, 1.54) is 5.57 Å². The second kappa shape index (κ2) is 4.80. The predicted molar refractivity (Wildman–Crippen MR) is 60.9 cm³/mol. The molecule has 1 nitrogen and oxygen atoms in total. The smallest absolute Gasteiger partial charge is 0.0150 e. The van der Waals surface area contributed by atoms with E-state index >= 15 is 0 Å². The zero-order valence-electron chi connectivity index (χ0n) is 10.1. The fourth-order valence-electron chi connectivity index (χ4n) is 1.13. The summed E-state index contributed by atoms with van der Waals surface area (Å²) < 4.78 is 0. The van der Waals surface area contributed by atoms with E-state index in [9.17, 15) is 0 Å². The fraction of sp³-hybridized carbons (Fsp3) is 0.833. The van der Waals surface area contributed by atoms with E-state index in [1.807, 2.05) is 7.05 Å². The van der Waals surface area contributed by atoms with Crippen molar-refractivity contribution in [2.75, 3.05) is 7.05 Å². The van der Waals surface area contributed by atoms with Crippen molar-refractivity contribution in [3.05, 3.63) is 12.2 Å². The van der Waals surface area contributed by atoms with Crippen LogP contribution in [0.15, 0.2) is 12.2 Å². The van der Waals surface area contributed by atoms with Gasteiger partial charge in [-0.3, -0.25) is 0 Å². The number of hydrogen-bond donors (Lipinski definition) is 1. The van der Waals surface area contributed by atoms with Gasteiger partial charge in [0.15, 0.2) is 0 Å². The van der Waals surface area contributed by atoms with Crippen LogP contribution < -0.4 is 5.32 Å². The molecular formula is C12H25N. The van der Waals surface area contributed by atoms with Crippen LogP contribution in [-0.2, 0) is 0 Å². The van der Waals surface area contributed by atoms with Gasteiger partial charge in [0.05, 0.1) is 0 Å². The Morgan fingerprint density at radius 2 is 1.77 bits per heavy atom. The SMILES string of the molecule is C=C(CC(C)C(C)(C)NC)C(C)C. The van der Waals surface area contributed by atoms with Crippen molar-refractivity contribution >= 4 is 0 Å². The van der Waals surface area contributed by atoms with Crippen molar-refractivity contribution in [2.45, 2.75) is 46.6 Å². The molecule has 0 spiro atoms. The van der Waals surface area contributed by atoms with Crippen LogP contribution in [0.4, 0.5) is 0 Å². The number of rotatable bonds is 5. The van der Waals surface area contributed by atoms with Crippen molar-refractivity contribution in [1.29, 1.82) is 0 Å². The molecule has 1 unspecified atom stereocenters. The minimum absolute atomic E-state index is 0.206. The van der Waals surface area contributed by atoms with Gasteiger partial charge in [-0.05, 0) is 39.2 Å². The van der Waals surface area contributed by atoms with Crippen LogP contribution in [-0.4, -0.2) is 12.6 Å². The van der Waals surface area contributed by atoms with Gasteiger partial charge in [-0.15, -0.1) is 0 Å². The summed E-state index contributed by atoms with van der Waals surface area (Å²) >= 11 is 0. The van der Waals surface area contributed by atoms with E-state index in [2.05, 4.69) is 46.5 Å². The highest BCUT2D eigenvalue weighted by molar-refractivity contribution is 5.01. The van der Waals surface area contributed by atoms with Crippen molar-refractivity contribution in [1.82, 2.24) is 5.32 Å². The summed E-state index contributed by atoms with van der Waals surface area (Å²) in [6.07, 6.45) is 1.12. The first kappa shape index (κ1) is 12.7. The molecule has 0 aromatic rings. The zero-order chi connectivity index (χ0) is 10.6. The molecule has 1 heteroatoms. The highest BCUT2D eigenvalue weighted by atomic mass is 14.9. The molecule has 78 valence electrons. The van der Waals surface area contributed by atoms with Gasteiger partial charge in [0.25, 0.3) is 0 Å². The van der Waals surface area contributed by atoms with Crippen molar-refractivity contribution in [2.24, 2.45) is 11.8 Å². The Balaban J connectivity index is 4.15. The minimum atomic E-state index is 0.206. The molecule has 1 atom stereocenters. The third-order valence-corrected chi connectivity index (χ3v) is 3.26. The lowest BCUT2D eigenvalue weighted by molar-refractivity contribution is 0.283. The van der Waals surface area contributed by atoms with Crippen LogP contribution in [0.1, 0.15) is 41.0 Å². The topological polar surface area (TPSA) is 12.0 Å². The summed E-state index contributed by atoms with van der Waals surface area (Å²) in [5.41, 5.74) is 1.56. The minimum Gasteiger partial charge on any atom is -0.315 e. The molecule has 0 rings (SSSR count). The zero-order valence-corrected chi connectivity index (χ0v) is 10.1. The Morgan fingerprint density at radius 1 is 1.31 bits per heavy atom. The second-order valence-electron chi connectivity index (χ2n) is 4.89. The molecule has 0 heterocycles. The molecule has 0 fully saturated rings. The molecule has 0 aromatic heterocycles. The lowest BCUT2D eigenvalue weighted by Gasteiger charge is -2.32. The molecule has 0 amide bonds. The molecule has 0 radical (unpaired) electrons. The van der Waals surface area contributed by atoms with Crippen LogP contribution in [0, 0.1) is 11.8 Å². The maximum atomic E-state index is 4.11. The van der Waals surface area contributed by atoms with Crippen LogP contribution >= 0.6 is 0 Å². The Hall–Kier alpha value is -0.300. The molecule has 0 bridgehead atoms. The molecule has 0 aromatic carbocycles. The maximum absolute atomic E-state index is 4.11. The normalized spacial score (nSPS) is 14.7. The molecule has 0 saturated carbocycles. The molecule has 13 heavy (non-hydrogen) atoms. The first-order valence-corrected chi connectivity index (χ1v) is 5.17. The molecule has 0 aliphatic rings. The van der Waals surface area contributed by atoms with E-state index in [1.54, 1.807) is 0 Å². The van der Waals surface area contributed by atoms with Gasteiger partial charge in [-0.25, -0.2) is 0 Å². The highest BCUT2D eigenvalue weighted by Gasteiger charge is 2.24. The van der Waals surface area contributed by atoms with Gasteiger partial charge in [0.1, 0.15) is 0 Å². The van der Waals surface area contributed by atoms with Gasteiger partial charge in [-0.2, -0.15) is 0 Å². The van der Waals surface area contributed by atoms with Crippen LogP contribution in [0.2, 0.25) is 0 Å². The Bertz CT molecular complexity index is 168. The quantitative estimate of drug-likeness (QED) is 0.645. The van der Waals surface area contributed by atoms with Crippen molar-refractivity contribution in [3.8, 4) is 0 Å². The van der Waals surface area contributed by atoms with E-state index in [0.29, 0.717) is 11.8 Å². The predicted octanol–water partition coefficient (Wildman–Crippen LogP) is 3.22. The van der Waals surface area contributed by atoms with Crippen molar-refractivity contribution < 1.29 is 0 Å². The third-order valence-electron chi connectivity index (χ3n) is 3.26. The third kappa shape index (κ3) is 3.95. The van der Waals surface area contributed by atoms with Gasteiger partial charge in [-0.1, -0.05) is 32.9 Å². The fourth-order valence-corrected chi connectivity index (χ4v) is 1.13. The van der Waals surface area contributed by atoms with Crippen LogP contribution in [0.25, 0.3) is 0 Å². The average molecular weight is 183 g/mol. The summed E-state index contributed by atoms with van der Waals surface area (Å²) in [5, 5.41) is 3.34. The first-order valence-electron chi connectivity index (χ1n) is 5.17. The first-order chi connectivity index (χ1) is 5.81. The number of nitrogens with one attached hydrogen (secondary N) is 1. The van der Waals surface area contributed by atoms with E-state index in [-0.39, 0.29) is 5.54 Å².